The highest BCUT2D eigenvalue weighted by Crippen LogP contribution is 2.19. The lowest BCUT2D eigenvalue weighted by Gasteiger charge is -2.05. The molecule has 0 saturated carbocycles. The highest BCUT2D eigenvalue weighted by molar-refractivity contribution is 7.89. The highest BCUT2D eigenvalue weighted by atomic mass is 32.2. The first-order valence-corrected chi connectivity index (χ1v) is 9.78. The van der Waals surface area contributed by atoms with E-state index in [9.17, 15) is 8.42 Å². The van der Waals surface area contributed by atoms with Crippen LogP contribution in [0.25, 0.3) is 0 Å². The molecule has 0 bridgehead atoms. The van der Waals surface area contributed by atoms with Crippen LogP contribution < -0.4 is 9.46 Å². The van der Waals surface area contributed by atoms with E-state index in [1.807, 2.05) is 25.1 Å². The summed E-state index contributed by atoms with van der Waals surface area (Å²) in [7, 11) is -1.99. The fourth-order valence-electron chi connectivity index (χ4n) is 2.35. The van der Waals surface area contributed by atoms with Gasteiger partial charge in [0.2, 0.25) is 10.0 Å². The number of methoxy groups -OCH3 is 1. The smallest absolute Gasteiger partial charge is 0.240 e. The first-order chi connectivity index (χ1) is 13.0. The zero-order chi connectivity index (χ0) is 19.3. The molecule has 1 aromatic heterocycles. The first-order valence-electron chi connectivity index (χ1n) is 8.29. The quantitative estimate of drug-likeness (QED) is 0.628. The fraction of sp³-hybridized carbons (Fsp3) is 0.150. The van der Waals surface area contributed by atoms with E-state index in [2.05, 4.69) is 9.71 Å². The largest absolute Gasteiger partial charge is 0.497 e. The van der Waals surface area contributed by atoms with Crippen LogP contribution in [0.15, 0.2) is 75.0 Å². The SMILES string of the molecule is COc1cccc(N=Cc2ccc(CNS(=O)(=O)c3ccc(C)cc3)o2)c1. The Morgan fingerprint density at radius 2 is 1.89 bits per heavy atom. The minimum Gasteiger partial charge on any atom is -0.497 e. The molecule has 140 valence electrons. The van der Waals surface area contributed by atoms with Crippen LogP contribution in [0.1, 0.15) is 17.1 Å². The molecule has 0 amide bonds. The maximum absolute atomic E-state index is 12.3. The number of furan rings is 1. The average Bonchev–Trinajstić information content (AvgIpc) is 3.13. The van der Waals surface area contributed by atoms with Gasteiger partial charge in [0, 0.05) is 6.07 Å². The Bertz CT molecular complexity index is 1040. The van der Waals surface area contributed by atoms with Gasteiger partial charge in [-0.3, -0.25) is 4.99 Å². The predicted molar refractivity (Wildman–Crippen MR) is 104 cm³/mol. The summed E-state index contributed by atoms with van der Waals surface area (Å²) in [6.07, 6.45) is 1.58. The Kier molecular flexibility index (Phi) is 5.73. The molecule has 0 aliphatic rings. The fourth-order valence-corrected chi connectivity index (χ4v) is 3.35. The predicted octanol–water partition coefficient (Wildman–Crippen LogP) is 3.83. The van der Waals surface area contributed by atoms with E-state index in [1.165, 1.54) is 0 Å². The van der Waals surface area contributed by atoms with Gasteiger partial charge >= 0.3 is 0 Å². The van der Waals surface area contributed by atoms with Gasteiger partial charge in [-0.25, -0.2) is 13.1 Å². The van der Waals surface area contributed by atoms with Crippen molar-refractivity contribution < 1.29 is 17.6 Å². The summed E-state index contributed by atoms with van der Waals surface area (Å²) in [5.41, 5.74) is 1.73. The van der Waals surface area contributed by atoms with Crippen molar-refractivity contribution in [3.8, 4) is 5.75 Å². The lowest BCUT2D eigenvalue weighted by atomic mass is 10.2. The number of hydrogen-bond acceptors (Lipinski definition) is 5. The molecule has 0 spiro atoms. The average molecular weight is 384 g/mol. The summed E-state index contributed by atoms with van der Waals surface area (Å²) < 4.78 is 37.9. The Hall–Kier alpha value is -2.90. The van der Waals surface area contributed by atoms with Crippen molar-refractivity contribution in [2.24, 2.45) is 4.99 Å². The van der Waals surface area contributed by atoms with Crippen LogP contribution in [0.3, 0.4) is 0 Å². The molecule has 0 saturated heterocycles. The van der Waals surface area contributed by atoms with Crippen molar-refractivity contribution in [3.63, 3.8) is 0 Å². The number of aryl methyl sites for hydroxylation is 1. The molecule has 27 heavy (non-hydrogen) atoms. The Balaban J connectivity index is 1.64. The molecule has 3 rings (SSSR count). The van der Waals surface area contributed by atoms with Crippen molar-refractivity contribution >= 4 is 21.9 Å². The topological polar surface area (TPSA) is 80.9 Å². The van der Waals surface area contributed by atoms with Crippen LogP contribution in [-0.2, 0) is 16.6 Å². The normalized spacial score (nSPS) is 11.8. The number of hydrogen-bond donors (Lipinski definition) is 1. The molecular formula is C20H20N2O4S. The molecule has 6 nitrogen and oxygen atoms in total. The van der Waals surface area contributed by atoms with Gasteiger partial charge < -0.3 is 9.15 Å². The summed E-state index contributed by atoms with van der Waals surface area (Å²) in [5, 5.41) is 0. The van der Waals surface area contributed by atoms with Crippen LogP contribution in [0.4, 0.5) is 5.69 Å². The van der Waals surface area contributed by atoms with Gasteiger partial charge in [-0.05, 0) is 43.3 Å². The summed E-state index contributed by atoms with van der Waals surface area (Å²) in [6.45, 7) is 1.96. The molecule has 7 heteroatoms. The van der Waals surface area contributed by atoms with Gasteiger partial charge in [0.15, 0.2) is 0 Å². The van der Waals surface area contributed by atoms with E-state index in [4.69, 9.17) is 9.15 Å². The van der Waals surface area contributed by atoms with Gasteiger partial charge in [-0.15, -0.1) is 0 Å². The zero-order valence-electron chi connectivity index (χ0n) is 15.0. The molecule has 1 heterocycles. The minimum absolute atomic E-state index is 0.0587. The van der Waals surface area contributed by atoms with E-state index < -0.39 is 10.0 Å². The molecule has 3 aromatic rings. The summed E-state index contributed by atoms with van der Waals surface area (Å²) in [4.78, 5) is 4.55. The Labute approximate surface area is 158 Å². The number of ether oxygens (including phenoxy) is 1. The molecular weight excluding hydrogens is 364 g/mol. The lowest BCUT2D eigenvalue weighted by Crippen LogP contribution is -2.22. The summed E-state index contributed by atoms with van der Waals surface area (Å²) in [6, 6.07) is 17.4. The number of nitrogens with one attached hydrogen (secondary N) is 1. The van der Waals surface area contributed by atoms with Gasteiger partial charge in [-0.2, -0.15) is 0 Å². The standard InChI is InChI=1S/C20H20N2O4S/c1-15-6-10-20(11-7-15)27(23,24)22-14-19-9-8-18(26-19)13-21-16-4-3-5-17(12-16)25-2/h3-13,22H,14H2,1-2H3. The van der Waals surface area contributed by atoms with E-state index >= 15 is 0 Å². The molecule has 0 radical (unpaired) electrons. The molecule has 0 unspecified atom stereocenters. The van der Waals surface area contributed by atoms with Crippen molar-refractivity contribution in [3.05, 3.63) is 77.7 Å². The third-order valence-electron chi connectivity index (χ3n) is 3.84. The maximum atomic E-state index is 12.3. The highest BCUT2D eigenvalue weighted by Gasteiger charge is 2.14. The second kappa shape index (κ2) is 8.20. The maximum Gasteiger partial charge on any atom is 0.240 e. The molecule has 2 aromatic carbocycles. The van der Waals surface area contributed by atoms with Crippen molar-refractivity contribution in [2.45, 2.75) is 18.4 Å². The van der Waals surface area contributed by atoms with E-state index in [-0.39, 0.29) is 11.4 Å². The molecule has 1 N–H and O–H groups in total. The molecule has 0 aliphatic heterocycles. The number of aliphatic imine (C=N–C) groups is 1. The van der Waals surface area contributed by atoms with Crippen LogP contribution in [0.2, 0.25) is 0 Å². The van der Waals surface area contributed by atoms with Crippen molar-refractivity contribution in [1.29, 1.82) is 0 Å². The van der Waals surface area contributed by atoms with E-state index in [1.54, 1.807) is 55.8 Å². The summed E-state index contributed by atoms with van der Waals surface area (Å²) in [5.74, 6) is 1.75. The molecule has 0 aliphatic carbocycles. The van der Waals surface area contributed by atoms with Crippen molar-refractivity contribution in [1.82, 2.24) is 4.72 Å². The first kappa shape index (κ1) is 18.9. The Morgan fingerprint density at radius 3 is 2.63 bits per heavy atom. The number of nitrogens with zero attached hydrogens (tertiary/aromatic N) is 1. The van der Waals surface area contributed by atoms with Crippen LogP contribution in [0, 0.1) is 6.92 Å². The van der Waals surface area contributed by atoms with Crippen LogP contribution >= 0.6 is 0 Å². The Morgan fingerprint density at radius 1 is 1.11 bits per heavy atom. The lowest BCUT2D eigenvalue weighted by molar-refractivity contribution is 0.415. The van der Waals surface area contributed by atoms with E-state index in [0.717, 1.165) is 17.0 Å². The third-order valence-corrected chi connectivity index (χ3v) is 5.26. The minimum atomic E-state index is -3.59. The van der Waals surface area contributed by atoms with Crippen LogP contribution in [-0.4, -0.2) is 21.7 Å². The second-order valence-corrected chi connectivity index (χ2v) is 7.67. The van der Waals surface area contributed by atoms with Gasteiger partial charge in [0.05, 0.1) is 30.5 Å². The van der Waals surface area contributed by atoms with Gasteiger partial charge in [0.1, 0.15) is 17.3 Å². The number of sulfonamides is 1. The summed E-state index contributed by atoms with van der Waals surface area (Å²) >= 11 is 0. The van der Waals surface area contributed by atoms with Gasteiger partial charge in [-0.1, -0.05) is 23.8 Å². The van der Waals surface area contributed by atoms with Crippen molar-refractivity contribution in [2.75, 3.05) is 7.11 Å². The second-order valence-electron chi connectivity index (χ2n) is 5.90. The molecule has 0 atom stereocenters. The zero-order valence-corrected chi connectivity index (χ0v) is 15.9. The number of benzene rings is 2. The van der Waals surface area contributed by atoms with Crippen LogP contribution in [0.5, 0.6) is 5.75 Å². The molecule has 0 fully saturated rings. The van der Waals surface area contributed by atoms with E-state index in [0.29, 0.717) is 11.5 Å². The number of rotatable bonds is 7. The monoisotopic (exact) mass is 384 g/mol. The third kappa shape index (κ3) is 5.06. The van der Waals surface area contributed by atoms with Gasteiger partial charge in [0.25, 0.3) is 0 Å².